The van der Waals surface area contributed by atoms with E-state index in [0.29, 0.717) is 19.0 Å². The van der Waals surface area contributed by atoms with Crippen LogP contribution in [0.25, 0.3) is 0 Å². The van der Waals surface area contributed by atoms with Crippen molar-refractivity contribution in [2.24, 2.45) is 5.92 Å². The van der Waals surface area contributed by atoms with Gasteiger partial charge in [0.25, 0.3) is 0 Å². The fourth-order valence-corrected chi connectivity index (χ4v) is 3.56. The third-order valence-electron chi connectivity index (χ3n) is 4.75. The first kappa shape index (κ1) is 25.2. The Morgan fingerprint density at radius 1 is 0.968 bits per heavy atom. The van der Waals surface area contributed by atoms with Crippen LogP contribution in [0.15, 0.2) is 60.7 Å². The minimum Gasteiger partial charge on any atom is -0.468 e. The topological polar surface area (TPSA) is 73.9 Å². The largest absolute Gasteiger partial charge is 0.468 e. The van der Waals surface area contributed by atoms with Gasteiger partial charge in [-0.1, -0.05) is 74.5 Å². The fourth-order valence-electron chi connectivity index (χ4n) is 3.18. The van der Waals surface area contributed by atoms with Crippen LogP contribution in [0.2, 0.25) is 0 Å². The van der Waals surface area contributed by atoms with Gasteiger partial charge < -0.3 is 14.2 Å². The molecule has 7 heteroatoms. The molecular formula is C24H32NO5P. The van der Waals surface area contributed by atoms with E-state index in [4.69, 9.17) is 14.2 Å². The molecule has 168 valence electrons. The van der Waals surface area contributed by atoms with Gasteiger partial charge in [0.15, 0.2) is 8.46 Å². The van der Waals surface area contributed by atoms with Crippen molar-refractivity contribution in [3.63, 3.8) is 0 Å². The summed E-state index contributed by atoms with van der Waals surface area (Å²) in [6.45, 7) is 4.61. The summed E-state index contributed by atoms with van der Waals surface area (Å²) in [7, 11) is 1.34. The molecule has 0 unspecified atom stereocenters. The normalized spacial score (nSPS) is 12.8. The van der Waals surface area contributed by atoms with Crippen LogP contribution in [0, 0.1) is 5.92 Å². The highest BCUT2D eigenvalue weighted by Crippen LogP contribution is 2.24. The molecule has 0 fully saturated rings. The summed E-state index contributed by atoms with van der Waals surface area (Å²) in [6, 6.07) is 18.8. The minimum absolute atomic E-state index is 0.0224. The van der Waals surface area contributed by atoms with E-state index in [9.17, 15) is 9.36 Å². The molecule has 1 N–H and O–H groups in total. The third kappa shape index (κ3) is 8.88. The number of carbonyl (C=O) groups excluding carboxylic acids is 1. The monoisotopic (exact) mass is 445 g/mol. The van der Waals surface area contributed by atoms with Gasteiger partial charge in [0.1, 0.15) is 6.04 Å². The van der Waals surface area contributed by atoms with Crippen LogP contribution >= 0.6 is 8.46 Å². The van der Waals surface area contributed by atoms with Crippen LogP contribution in [0.1, 0.15) is 37.8 Å². The van der Waals surface area contributed by atoms with E-state index in [-0.39, 0.29) is 33.6 Å². The summed E-state index contributed by atoms with van der Waals surface area (Å²) in [4.78, 5) is 12.5. The predicted octanol–water partition coefficient (Wildman–Crippen LogP) is 4.93. The molecule has 0 spiro atoms. The van der Waals surface area contributed by atoms with Gasteiger partial charge in [-0.2, -0.15) is 0 Å². The van der Waals surface area contributed by atoms with Gasteiger partial charge in [-0.15, -0.1) is 0 Å². The molecular weight excluding hydrogens is 413 g/mol. The Hall–Kier alpha value is -2.11. The van der Waals surface area contributed by atoms with Crippen LogP contribution in [0.4, 0.5) is 0 Å². The number of hydrogen-bond acceptors (Lipinski definition) is 6. The first-order valence-corrected chi connectivity index (χ1v) is 11.5. The molecule has 1 atom stereocenters. The summed E-state index contributed by atoms with van der Waals surface area (Å²) in [5, 5.41) is 3.26. The highest BCUT2D eigenvalue weighted by molar-refractivity contribution is 7.23. The number of rotatable bonds is 14. The molecule has 6 nitrogen and oxygen atoms in total. The number of nitrogens with one attached hydrogen (secondary N) is 1. The number of esters is 1. The Morgan fingerprint density at radius 3 is 1.90 bits per heavy atom. The number of carbonyl (C=O) groups is 1. The maximum Gasteiger partial charge on any atom is 0.323 e. The van der Waals surface area contributed by atoms with Crippen molar-refractivity contribution in [3.05, 3.63) is 71.8 Å². The Kier molecular flexibility index (Phi) is 10.8. The van der Waals surface area contributed by atoms with Crippen molar-refractivity contribution in [3.8, 4) is 0 Å². The van der Waals surface area contributed by atoms with Crippen molar-refractivity contribution in [2.45, 2.75) is 51.9 Å². The molecule has 0 radical (unpaired) electrons. The lowest BCUT2D eigenvalue weighted by atomic mass is 10.0. The van der Waals surface area contributed by atoms with Gasteiger partial charge in [-0.25, -0.2) is 0 Å². The van der Waals surface area contributed by atoms with Crippen LogP contribution in [-0.2, 0) is 36.8 Å². The van der Waals surface area contributed by atoms with E-state index in [1.807, 2.05) is 74.5 Å². The van der Waals surface area contributed by atoms with Crippen molar-refractivity contribution in [1.29, 1.82) is 0 Å². The average molecular weight is 445 g/mol. The molecule has 31 heavy (non-hydrogen) atoms. The van der Waals surface area contributed by atoms with Gasteiger partial charge in [0.05, 0.1) is 20.3 Å². The first-order chi connectivity index (χ1) is 15.0. The number of benzene rings is 2. The lowest BCUT2D eigenvalue weighted by molar-refractivity contribution is -0.275. The van der Waals surface area contributed by atoms with Crippen molar-refractivity contribution >= 4 is 14.4 Å². The molecule has 0 aromatic heterocycles. The zero-order valence-corrected chi connectivity index (χ0v) is 19.3. The minimum atomic E-state index is -1.31. The molecule has 0 saturated carbocycles. The van der Waals surface area contributed by atoms with E-state index in [1.165, 1.54) is 7.11 Å². The van der Waals surface area contributed by atoms with E-state index < -0.39 is 12.0 Å². The fraction of sp³-hybridized carbons (Fsp3) is 0.458. The molecule has 0 bridgehead atoms. The van der Waals surface area contributed by atoms with Crippen LogP contribution in [0.3, 0.4) is 0 Å². The molecule has 0 aliphatic rings. The van der Waals surface area contributed by atoms with Gasteiger partial charge in [0.2, 0.25) is 5.91 Å². The van der Waals surface area contributed by atoms with Crippen molar-refractivity contribution < 1.29 is 23.6 Å². The SMILES string of the molecule is COC(=O)[C@H](CC(C)C)NC(CCP=O)(OCc1ccccc1)OCc1ccccc1. The summed E-state index contributed by atoms with van der Waals surface area (Å²) >= 11 is 0. The first-order valence-electron chi connectivity index (χ1n) is 10.5. The molecule has 0 aliphatic heterocycles. The zero-order valence-electron chi connectivity index (χ0n) is 18.5. The van der Waals surface area contributed by atoms with Crippen molar-refractivity contribution in [1.82, 2.24) is 5.32 Å². The van der Waals surface area contributed by atoms with E-state index >= 15 is 0 Å². The molecule has 0 heterocycles. The van der Waals surface area contributed by atoms with Gasteiger partial charge in [-0.05, 0) is 23.5 Å². The standard InChI is InChI=1S/C24H32NO5P/c1-19(2)16-22(23(26)28-3)25-24(14-15-31-27,29-17-20-10-6-4-7-11-20)30-18-21-12-8-5-9-13-21/h4-13,19,22,25H,14-18H2,1-3H3/t22-/m0/s1. The molecule has 2 rings (SSSR count). The Balaban J connectivity index is 2.30. The van der Waals surface area contributed by atoms with E-state index in [0.717, 1.165) is 11.1 Å². The highest BCUT2D eigenvalue weighted by atomic mass is 31.1. The quantitative estimate of drug-likeness (QED) is 0.252. The Morgan fingerprint density at radius 2 is 1.48 bits per heavy atom. The van der Waals surface area contributed by atoms with Crippen molar-refractivity contribution in [2.75, 3.05) is 13.3 Å². The second-order valence-corrected chi connectivity index (χ2v) is 8.46. The van der Waals surface area contributed by atoms with Gasteiger partial charge >= 0.3 is 5.97 Å². The molecule has 0 aliphatic carbocycles. The summed E-state index contributed by atoms with van der Waals surface area (Å²) in [6.07, 6.45) is 1.16. The Labute approximate surface area is 186 Å². The van der Waals surface area contributed by atoms with E-state index in [2.05, 4.69) is 5.32 Å². The number of hydrogen-bond donors (Lipinski definition) is 1. The molecule has 0 amide bonds. The second kappa shape index (κ2) is 13.3. The molecule has 2 aromatic carbocycles. The molecule has 2 aromatic rings. The average Bonchev–Trinajstić information content (AvgIpc) is 2.80. The van der Waals surface area contributed by atoms with Gasteiger partial charge in [-0.3, -0.25) is 14.7 Å². The lowest BCUT2D eigenvalue weighted by Gasteiger charge is -2.37. The number of ether oxygens (including phenoxy) is 3. The summed E-state index contributed by atoms with van der Waals surface area (Å²) in [5.41, 5.74) is 1.94. The molecule has 0 saturated heterocycles. The highest BCUT2D eigenvalue weighted by Gasteiger charge is 2.37. The third-order valence-corrected chi connectivity index (χ3v) is 5.15. The zero-order chi connectivity index (χ0) is 22.5. The maximum atomic E-state index is 12.5. The smallest absolute Gasteiger partial charge is 0.323 e. The van der Waals surface area contributed by atoms with Crippen LogP contribution in [-0.4, -0.2) is 31.2 Å². The van der Waals surface area contributed by atoms with Gasteiger partial charge in [0, 0.05) is 12.6 Å². The van der Waals surface area contributed by atoms with Crippen LogP contribution in [0.5, 0.6) is 0 Å². The predicted molar refractivity (Wildman–Crippen MR) is 121 cm³/mol. The maximum absolute atomic E-state index is 12.5. The summed E-state index contributed by atoms with van der Waals surface area (Å²) in [5.74, 6) is -1.45. The summed E-state index contributed by atoms with van der Waals surface area (Å²) < 4.78 is 28.9. The number of methoxy groups -OCH3 is 1. The lowest BCUT2D eigenvalue weighted by Crippen LogP contribution is -2.57. The Bertz CT molecular complexity index is 742. The van der Waals surface area contributed by atoms with Crippen LogP contribution < -0.4 is 5.32 Å². The van der Waals surface area contributed by atoms with E-state index in [1.54, 1.807) is 0 Å². The second-order valence-electron chi connectivity index (χ2n) is 7.75.